The van der Waals surface area contributed by atoms with Gasteiger partial charge in [-0.05, 0) is 23.8 Å². The summed E-state index contributed by atoms with van der Waals surface area (Å²) in [5, 5.41) is 0.661. The molecule has 0 unspecified atom stereocenters. The summed E-state index contributed by atoms with van der Waals surface area (Å²) in [5.41, 5.74) is 3.20. The first-order valence-electron chi connectivity index (χ1n) is 9.71. The number of ether oxygens (including phenoxy) is 5. The number of hydrogen-bond acceptors (Lipinski definition) is 6. The van der Waals surface area contributed by atoms with Gasteiger partial charge in [0.05, 0.1) is 25.7 Å². The predicted molar refractivity (Wildman–Crippen MR) is 114 cm³/mol. The summed E-state index contributed by atoms with van der Waals surface area (Å²) in [6.45, 7) is 4.34. The van der Waals surface area contributed by atoms with Crippen molar-refractivity contribution in [2.75, 3.05) is 26.2 Å². The van der Waals surface area contributed by atoms with Crippen LogP contribution in [0.2, 0.25) is 0 Å². The molecule has 156 valence electrons. The smallest absolute Gasteiger partial charge is 0.178 e. The molecule has 3 heterocycles. The second-order valence-corrected chi connectivity index (χ2v) is 8.14. The Bertz CT molecular complexity index is 1060. The highest BCUT2D eigenvalue weighted by atomic mass is 79.9. The third-order valence-corrected chi connectivity index (χ3v) is 6.67. The summed E-state index contributed by atoms with van der Waals surface area (Å²) in [6.07, 6.45) is 0.0960. The van der Waals surface area contributed by atoms with Crippen LogP contribution in [-0.4, -0.2) is 44.1 Å². The van der Waals surface area contributed by atoms with Crippen molar-refractivity contribution < 1.29 is 28.5 Å². The fraction of sp³-hybridized carbons (Fsp3) is 0.348. The Morgan fingerprint density at radius 1 is 1.17 bits per heavy atom. The number of ketones is 1. The Labute approximate surface area is 182 Å². The van der Waals surface area contributed by atoms with Crippen LogP contribution in [0, 0.1) is 0 Å². The first kappa shape index (κ1) is 19.3. The molecular weight excluding hydrogens is 452 g/mol. The number of carbonyl (C=O) groups is 1. The maximum Gasteiger partial charge on any atom is 0.178 e. The Morgan fingerprint density at radius 2 is 1.93 bits per heavy atom. The molecule has 3 aliphatic rings. The number of benzene rings is 2. The van der Waals surface area contributed by atoms with Gasteiger partial charge in [-0.3, -0.25) is 4.79 Å². The van der Waals surface area contributed by atoms with Crippen molar-refractivity contribution in [3.05, 3.63) is 53.1 Å². The first-order valence-corrected chi connectivity index (χ1v) is 10.8. The lowest BCUT2D eigenvalue weighted by Crippen LogP contribution is -2.43. The average molecular weight is 473 g/mol. The zero-order valence-corrected chi connectivity index (χ0v) is 18.3. The molecule has 2 aromatic rings. The zero-order valence-electron chi connectivity index (χ0n) is 16.7. The van der Waals surface area contributed by atoms with Crippen LogP contribution >= 0.6 is 15.9 Å². The van der Waals surface area contributed by atoms with Gasteiger partial charge >= 0.3 is 0 Å². The van der Waals surface area contributed by atoms with E-state index in [1.54, 1.807) is 26.4 Å². The van der Waals surface area contributed by atoms with E-state index in [4.69, 9.17) is 23.7 Å². The SMILES string of the molecule is C=C(CBr)[C@@H]1Cc2c(ccc3c2O[C@H]2COc4cc(OC)c(OC)cc4[C@H]2C3=O)O1. The Balaban J connectivity index is 1.56. The molecule has 0 aliphatic carbocycles. The van der Waals surface area contributed by atoms with Gasteiger partial charge in [0.1, 0.15) is 36.1 Å². The molecule has 3 aliphatic heterocycles. The van der Waals surface area contributed by atoms with Crippen LogP contribution in [0.25, 0.3) is 0 Å². The molecule has 0 saturated heterocycles. The van der Waals surface area contributed by atoms with Gasteiger partial charge in [-0.1, -0.05) is 22.5 Å². The van der Waals surface area contributed by atoms with Crippen LogP contribution in [0.1, 0.15) is 27.4 Å². The molecule has 0 amide bonds. The number of halogens is 1. The van der Waals surface area contributed by atoms with Crippen molar-refractivity contribution in [3.63, 3.8) is 0 Å². The summed E-state index contributed by atoms with van der Waals surface area (Å²) >= 11 is 3.44. The minimum Gasteiger partial charge on any atom is -0.493 e. The molecule has 0 bridgehead atoms. The van der Waals surface area contributed by atoms with Crippen LogP contribution < -0.4 is 23.7 Å². The minimum absolute atomic E-state index is 0.0172. The van der Waals surface area contributed by atoms with Gasteiger partial charge in [0.2, 0.25) is 0 Å². The van der Waals surface area contributed by atoms with E-state index in [1.165, 1.54) is 0 Å². The number of hydrogen-bond donors (Lipinski definition) is 0. The van der Waals surface area contributed by atoms with Gasteiger partial charge < -0.3 is 23.7 Å². The van der Waals surface area contributed by atoms with Crippen molar-refractivity contribution in [3.8, 4) is 28.7 Å². The fourth-order valence-electron chi connectivity index (χ4n) is 4.38. The summed E-state index contributed by atoms with van der Waals surface area (Å²) in [4.78, 5) is 13.6. The van der Waals surface area contributed by atoms with Gasteiger partial charge in [-0.2, -0.15) is 0 Å². The van der Waals surface area contributed by atoms with Crippen LogP contribution in [0.5, 0.6) is 28.7 Å². The van der Waals surface area contributed by atoms with Crippen molar-refractivity contribution >= 4 is 21.7 Å². The predicted octanol–water partition coefficient (Wildman–Crippen LogP) is 4.08. The van der Waals surface area contributed by atoms with E-state index in [2.05, 4.69) is 22.5 Å². The average Bonchev–Trinajstić information content (AvgIpc) is 3.22. The summed E-state index contributed by atoms with van der Waals surface area (Å²) in [5.74, 6) is 2.64. The third kappa shape index (κ3) is 2.79. The third-order valence-electron chi connectivity index (χ3n) is 5.95. The maximum absolute atomic E-state index is 13.6. The number of rotatable bonds is 4. The summed E-state index contributed by atoms with van der Waals surface area (Å²) < 4.78 is 29.1. The van der Waals surface area contributed by atoms with E-state index in [1.807, 2.05) is 12.1 Å². The molecule has 5 rings (SSSR count). The summed E-state index contributed by atoms with van der Waals surface area (Å²) in [6, 6.07) is 7.22. The summed E-state index contributed by atoms with van der Waals surface area (Å²) in [7, 11) is 3.14. The molecule has 0 aromatic heterocycles. The second-order valence-electron chi connectivity index (χ2n) is 7.58. The number of fused-ring (bicyclic) bond motifs is 6. The Kier molecular flexibility index (Phi) is 4.65. The molecule has 6 nitrogen and oxygen atoms in total. The van der Waals surface area contributed by atoms with Crippen LogP contribution in [0.4, 0.5) is 0 Å². The van der Waals surface area contributed by atoms with Crippen molar-refractivity contribution in [2.45, 2.75) is 24.5 Å². The number of Topliss-reactive ketones (excluding diaryl/α,β-unsaturated/α-hetero) is 1. The molecule has 0 spiro atoms. The molecule has 0 fully saturated rings. The highest BCUT2D eigenvalue weighted by Crippen LogP contribution is 2.49. The lowest BCUT2D eigenvalue weighted by atomic mass is 9.81. The molecule has 0 N–H and O–H groups in total. The Morgan fingerprint density at radius 3 is 2.67 bits per heavy atom. The standard InChI is InChI=1S/C23H21BrO6/c1-11(9-24)16-7-14-15(29-16)5-4-12-22(25)21-13-6-18(26-2)19(27-3)8-17(13)28-10-20(21)30-23(12)14/h4-6,8,16,20-21H,1,7,9-10H2,2-3H3/t16-,20-,21+/m0/s1. The largest absolute Gasteiger partial charge is 0.493 e. The molecule has 0 radical (unpaired) electrons. The zero-order chi connectivity index (χ0) is 21.0. The highest BCUT2D eigenvalue weighted by molar-refractivity contribution is 9.09. The minimum atomic E-state index is -0.463. The van der Waals surface area contributed by atoms with Gasteiger partial charge in [-0.15, -0.1) is 0 Å². The van der Waals surface area contributed by atoms with E-state index in [0.29, 0.717) is 40.3 Å². The molecule has 3 atom stereocenters. The molecular formula is C23H21BrO6. The lowest BCUT2D eigenvalue weighted by molar-refractivity contribution is 0.0554. The maximum atomic E-state index is 13.6. The van der Waals surface area contributed by atoms with Crippen molar-refractivity contribution in [2.24, 2.45) is 0 Å². The first-order chi connectivity index (χ1) is 14.5. The molecule has 30 heavy (non-hydrogen) atoms. The van der Waals surface area contributed by atoms with Crippen molar-refractivity contribution in [1.29, 1.82) is 0 Å². The number of methoxy groups -OCH3 is 2. The van der Waals surface area contributed by atoms with Gasteiger partial charge in [0.25, 0.3) is 0 Å². The quantitative estimate of drug-likeness (QED) is 0.493. The van der Waals surface area contributed by atoms with Crippen LogP contribution in [-0.2, 0) is 6.42 Å². The monoisotopic (exact) mass is 472 g/mol. The fourth-order valence-corrected chi connectivity index (χ4v) is 4.74. The molecule has 0 saturated carbocycles. The van der Waals surface area contributed by atoms with E-state index in [9.17, 15) is 4.79 Å². The van der Waals surface area contributed by atoms with Gasteiger partial charge in [0.15, 0.2) is 17.3 Å². The number of carbonyl (C=O) groups excluding carboxylic acids is 1. The number of alkyl halides is 1. The van der Waals surface area contributed by atoms with E-state index >= 15 is 0 Å². The van der Waals surface area contributed by atoms with Crippen LogP contribution in [0.3, 0.4) is 0 Å². The molecule has 2 aromatic carbocycles. The topological polar surface area (TPSA) is 63.2 Å². The van der Waals surface area contributed by atoms with Crippen molar-refractivity contribution in [1.82, 2.24) is 0 Å². The van der Waals surface area contributed by atoms with E-state index in [-0.39, 0.29) is 18.5 Å². The lowest BCUT2D eigenvalue weighted by Gasteiger charge is -2.37. The van der Waals surface area contributed by atoms with E-state index in [0.717, 1.165) is 22.4 Å². The normalized spacial score (nSPS) is 23.0. The van der Waals surface area contributed by atoms with Gasteiger partial charge in [0, 0.05) is 28.9 Å². The molecule has 7 heteroatoms. The second kappa shape index (κ2) is 7.23. The highest BCUT2D eigenvalue weighted by Gasteiger charge is 2.45. The van der Waals surface area contributed by atoms with Crippen LogP contribution in [0.15, 0.2) is 36.4 Å². The van der Waals surface area contributed by atoms with Gasteiger partial charge in [-0.25, -0.2) is 0 Å². The van der Waals surface area contributed by atoms with E-state index < -0.39 is 12.0 Å². The Hall–Kier alpha value is -2.67.